The number of pyridine rings is 1. The largest absolute Gasteiger partial charge is 0.439 e. The van der Waals surface area contributed by atoms with Crippen molar-refractivity contribution in [1.29, 1.82) is 0 Å². The lowest BCUT2D eigenvalue weighted by molar-refractivity contribution is 0.331. The second kappa shape index (κ2) is 13.2. The molecule has 6 nitrogen and oxygen atoms in total. The molecule has 1 aromatic heterocycles. The van der Waals surface area contributed by atoms with Crippen LogP contribution >= 0.6 is 24.0 Å². The Hall–Kier alpha value is -2.72. The average molecular weight is 575 g/mol. The van der Waals surface area contributed by atoms with E-state index >= 15 is 0 Å². The lowest BCUT2D eigenvalue weighted by Gasteiger charge is -2.15. The number of hydrogen-bond donors (Lipinski definition) is 2. The summed E-state index contributed by atoms with van der Waals surface area (Å²) in [6.07, 6.45) is 4.36. The van der Waals surface area contributed by atoms with E-state index in [1.807, 2.05) is 6.07 Å². The highest BCUT2D eigenvalue weighted by Gasteiger charge is 2.11. The van der Waals surface area contributed by atoms with Gasteiger partial charge in [-0.2, -0.15) is 0 Å². The molecule has 0 spiro atoms. The fourth-order valence-electron chi connectivity index (χ4n) is 3.78. The fourth-order valence-corrected chi connectivity index (χ4v) is 3.78. The second-order valence-corrected chi connectivity index (χ2v) is 8.14. The predicted molar refractivity (Wildman–Crippen MR) is 144 cm³/mol. The molecule has 0 aliphatic carbocycles. The zero-order chi connectivity index (χ0) is 22.9. The molecule has 2 N–H and O–H groups in total. The van der Waals surface area contributed by atoms with Crippen LogP contribution in [-0.4, -0.2) is 36.0 Å². The van der Waals surface area contributed by atoms with Crippen molar-refractivity contribution >= 4 is 29.9 Å². The normalized spacial score (nSPS) is 13.9. The van der Waals surface area contributed by atoms with E-state index in [4.69, 9.17) is 4.74 Å². The first-order valence-electron chi connectivity index (χ1n) is 11.3. The van der Waals surface area contributed by atoms with Gasteiger partial charge in [0.2, 0.25) is 5.88 Å². The van der Waals surface area contributed by atoms with Gasteiger partial charge >= 0.3 is 0 Å². The molecule has 4 rings (SSSR count). The molecule has 0 radical (unpaired) electrons. The SMILES string of the molecule is CN=C(NCc1ccc(CN2CCCC2)cc1)NCc1ccc(Oc2cccc(F)c2)nc1.I. The molecule has 0 saturated carbocycles. The zero-order valence-electron chi connectivity index (χ0n) is 19.3. The van der Waals surface area contributed by atoms with Crippen LogP contribution < -0.4 is 15.4 Å². The Balaban J connectivity index is 0.00000324. The van der Waals surface area contributed by atoms with Crippen LogP contribution in [0.15, 0.2) is 71.9 Å². The number of nitrogens with zero attached hydrogens (tertiary/aromatic N) is 3. The quantitative estimate of drug-likeness (QED) is 0.223. The van der Waals surface area contributed by atoms with Crippen LogP contribution in [0.2, 0.25) is 0 Å². The number of benzene rings is 2. The van der Waals surface area contributed by atoms with Gasteiger partial charge in [-0.1, -0.05) is 36.4 Å². The van der Waals surface area contributed by atoms with Crippen LogP contribution in [0.3, 0.4) is 0 Å². The number of nitrogens with one attached hydrogen (secondary N) is 2. The van der Waals surface area contributed by atoms with Crippen molar-refractivity contribution in [1.82, 2.24) is 20.5 Å². The standard InChI is InChI=1S/C26H30FN5O.HI/c1-28-26(30-16-20-7-9-21(10-8-20)19-32-13-2-3-14-32)31-18-22-11-12-25(29-17-22)33-24-6-4-5-23(27)15-24;/h4-12,15,17H,2-3,13-14,16,18-19H2,1H3,(H2,28,30,31);1H. The third-order valence-corrected chi connectivity index (χ3v) is 5.59. The number of hydrogen-bond acceptors (Lipinski definition) is 4. The minimum atomic E-state index is -0.342. The summed E-state index contributed by atoms with van der Waals surface area (Å²) in [5.74, 6) is 1.21. The van der Waals surface area contributed by atoms with E-state index in [0.29, 0.717) is 24.7 Å². The number of halogens is 2. The summed E-state index contributed by atoms with van der Waals surface area (Å²) >= 11 is 0. The molecule has 0 amide bonds. The molecule has 0 atom stereocenters. The molecule has 8 heteroatoms. The third kappa shape index (κ3) is 7.95. The van der Waals surface area contributed by atoms with Crippen molar-refractivity contribution < 1.29 is 9.13 Å². The fraction of sp³-hybridized carbons (Fsp3) is 0.308. The van der Waals surface area contributed by atoms with Gasteiger partial charge in [0.15, 0.2) is 5.96 Å². The van der Waals surface area contributed by atoms with E-state index in [1.54, 1.807) is 31.4 Å². The Morgan fingerprint density at radius 2 is 1.65 bits per heavy atom. The first-order chi connectivity index (χ1) is 16.2. The Morgan fingerprint density at radius 3 is 2.29 bits per heavy atom. The molecule has 1 aliphatic rings. The number of likely N-dealkylation sites (tertiary alicyclic amines) is 1. The number of ether oxygens (including phenoxy) is 1. The van der Waals surface area contributed by atoms with Crippen LogP contribution in [0.1, 0.15) is 29.5 Å². The van der Waals surface area contributed by atoms with Crippen LogP contribution in [0.4, 0.5) is 4.39 Å². The number of aromatic nitrogens is 1. The zero-order valence-corrected chi connectivity index (χ0v) is 21.7. The summed E-state index contributed by atoms with van der Waals surface area (Å²) in [5.41, 5.74) is 3.56. The first-order valence-corrected chi connectivity index (χ1v) is 11.3. The van der Waals surface area contributed by atoms with Crippen molar-refractivity contribution in [3.8, 4) is 11.6 Å². The third-order valence-electron chi connectivity index (χ3n) is 5.59. The van der Waals surface area contributed by atoms with E-state index in [2.05, 4.69) is 49.8 Å². The van der Waals surface area contributed by atoms with E-state index in [0.717, 1.165) is 18.1 Å². The monoisotopic (exact) mass is 575 g/mol. The Bertz CT molecular complexity index is 1050. The molecule has 1 saturated heterocycles. The van der Waals surface area contributed by atoms with E-state index in [1.165, 1.54) is 49.2 Å². The van der Waals surface area contributed by atoms with Gasteiger partial charge in [-0.05, 0) is 54.8 Å². The Morgan fingerprint density at radius 1 is 0.971 bits per heavy atom. The number of guanidine groups is 1. The molecule has 180 valence electrons. The van der Waals surface area contributed by atoms with Crippen LogP contribution in [0.25, 0.3) is 0 Å². The van der Waals surface area contributed by atoms with Gasteiger partial charge in [-0.3, -0.25) is 9.89 Å². The molecule has 2 heterocycles. The summed E-state index contributed by atoms with van der Waals surface area (Å²) < 4.78 is 18.9. The molecular weight excluding hydrogens is 544 g/mol. The van der Waals surface area contributed by atoms with Gasteiger partial charge in [0.05, 0.1) is 0 Å². The highest BCUT2D eigenvalue weighted by Crippen LogP contribution is 2.20. The van der Waals surface area contributed by atoms with Gasteiger partial charge in [0.1, 0.15) is 11.6 Å². The molecule has 2 aromatic carbocycles. The Labute approximate surface area is 217 Å². The summed E-state index contributed by atoms with van der Waals surface area (Å²) in [6.45, 7) is 4.73. The summed E-state index contributed by atoms with van der Waals surface area (Å²) in [7, 11) is 1.75. The Kier molecular flexibility index (Phi) is 10.1. The number of aliphatic imine (C=N–C) groups is 1. The molecule has 3 aromatic rings. The summed E-state index contributed by atoms with van der Waals surface area (Å²) in [5, 5.41) is 6.64. The summed E-state index contributed by atoms with van der Waals surface area (Å²) in [6, 6.07) is 18.5. The maximum Gasteiger partial charge on any atom is 0.219 e. The second-order valence-electron chi connectivity index (χ2n) is 8.14. The van der Waals surface area contributed by atoms with Gasteiger partial charge in [0.25, 0.3) is 0 Å². The minimum Gasteiger partial charge on any atom is -0.439 e. The average Bonchev–Trinajstić information content (AvgIpc) is 3.34. The number of rotatable bonds is 8. The molecule has 1 aliphatic heterocycles. The van der Waals surface area contributed by atoms with Gasteiger partial charge in [0, 0.05) is 45.0 Å². The van der Waals surface area contributed by atoms with E-state index in [-0.39, 0.29) is 29.8 Å². The highest BCUT2D eigenvalue weighted by atomic mass is 127. The highest BCUT2D eigenvalue weighted by molar-refractivity contribution is 14.0. The first kappa shape index (κ1) is 25.9. The minimum absolute atomic E-state index is 0. The van der Waals surface area contributed by atoms with Crippen molar-refractivity contribution in [2.24, 2.45) is 4.99 Å². The summed E-state index contributed by atoms with van der Waals surface area (Å²) in [4.78, 5) is 11.1. The van der Waals surface area contributed by atoms with E-state index < -0.39 is 0 Å². The van der Waals surface area contributed by atoms with Crippen molar-refractivity contribution in [3.63, 3.8) is 0 Å². The smallest absolute Gasteiger partial charge is 0.219 e. The topological polar surface area (TPSA) is 61.8 Å². The lowest BCUT2D eigenvalue weighted by atomic mass is 10.1. The maximum absolute atomic E-state index is 13.3. The van der Waals surface area contributed by atoms with Gasteiger partial charge in [-0.25, -0.2) is 9.37 Å². The van der Waals surface area contributed by atoms with E-state index in [9.17, 15) is 4.39 Å². The van der Waals surface area contributed by atoms with Gasteiger partial charge < -0.3 is 15.4 Å². The van der Waals surface area contributed by atoms with Gasteiger partial charge in [-0.15, -0.1) is 24.0 Å². The molecule has 0 bridgehead atoms. The van der Waals surface area contributed by atoms with Crippen LogP contribution in [0, 0.1) is 5.82 Å². The maximum atomic E-state index is 13.3. The van der Waals surface area contributed by atoms with Crippen LogP contribution in [0.5, 0.6) is 11.6 Å². The molecular formula is C26H31FIN5O. The lowest BCUT2D eigenvalue weighted by Crippen LogP contribution is -2.36. The van der Waals surface area contributed by atoms with Crippen molar-refractivity contribution in [2.75, 3.05) is 20.1 Å². The van der Waals surface area contributed by atoms with Crippen LogP contribution in [-0.2, 0) is 19.6 Å². The molecule has 0 unspecified atom stereocenters. The molecule has 34 heavy (non-hydrogen) atoms. The predicted octanol–water partition coefficient (Wildman–Crippen LogP) is 5.09. The van der Waals surface area contributed by atoms with Crippen molar-refractivity contribution in [2.45, 2.75) is 32.5 Å². The van der Waals surface area contributed by atoms with Crippen molar-refractivity contribution in [3.05, 3.63) is 89.4 Å². The molecule has 1 fully saturated rings.